The zero-order chi connectivity index (χ0) is 13.7. The molecule has 1 aliphatic heterocycles. The van der Waals surface area contributed by atoms with E-state index < -0.39 is 0 Å². The summed E-state index contributed by atoms with van der Waals surface area (Å²) in [5.41, 5.74) is 1.12. The Morgan fingerprint density at radius 2 is 2.53 bits per heavy atom. The lowest BCUT2D eigenvalue weighted by Crippen LogP contribution is -2.46. The number of urea groups is 1. The van der Waals surface area contributed by atoms with Crippen LogP contribution in [0.25, 0.3) is 0 Å². The normalized spacial score (nSPS) is 20.2. The van der Waals surface area contributed by atoms with Gasteiger partial charge in [-0.05, 0) is 31.7 Å². The van der Waals surface area contributed by atoms with Crippen LogP contribution in [-0.4, -0.2) is 41.1 Å². The van der Waals surface area contributed by atoms with E-state index >= 15 is 0 Å². The Hall–Kier alpha value is -1.56. The second kappa shape index (κ2) is 6.56. The number of aromatic nitrogens is 2. The molecule has 0 radical (unpaired) electrons. The average Bonchev–Trinajstić information content (AvgIpc) is 3.00. The summed E-state index contributed by atoms with van der Waals surface area (Å²) in [5, 5.41) is 9.86. The summed E-state index contributed by atoms with van der Waals surface area (Å²) < 4.78 is 7.30. The van der Waals surface area contributed by atoms with Gasteiger partial charge in [-0.15, -0.1) is 0 Å². The van der Waals surface area contributed by atoms with E-state index in [0.29, 0.717) is 6.54 Å². The summed E-state index contributed by atoms with van der Waals surface area (Å²) in [4.78, 5) is 11.7. The average molecular weight is 266 g/mol. The number of carbonyl (C=O) groups excluding carboxylic acids is 1. The monoisotopic (exact) mass is 266 g/mol. The maximum Gasteiger partial charge on any atom is 0.315 e. The quantitative estimate of drug-likeness (QED) is 0.829. The summed E-state index contributed by atoms with van der Waals surface area (Å²) in [5.74, 6) is 0. The second-order valence-electron chi connectivity index (χ2n) is 5.01. The van der Waals surface area contributed by atoms with Crippen molar-refractivity contribution in [2.45, 2.75) is 38.3 Å². The van der Waals surface area contributed by atoms with Crippen LogP contribution >= 0.6 is 0 Å². The summed E-state index contributed by atoms with van der Waals surface area (Å²) in [6.07, 6.45) is 6.82. The largest absolute Gasteiger partial charge is 0.376 e. The van der Waals surface area contributed by atoms with Gasteiger partial charge in [-0.3, -0.25) is 4.68 Å². The molecule has 0 bridgehead atoms. The Labute approximate surface area is 113 Å². The third-order valence-corrected chi connectivity index (χ3v) is 3.34. The first kappa shape index (κ1) is 13.9. The maximum atomic E-state index is 11.7. The molecule has 2 atom stereocenters. The number of hydrogen-bond acceptors (Lipinski definition) is 3. The van der Waals surface area contributed by atoms with E-state index in [1.807, 2.05) is 26.4 Å². The lowest BCUT2D eigenvalue weighted by molar-refractivity contribution is 0.0860. The molecule has 0 saturated carbocycles. The molecule has 2 heterocycles. The van der Waals surface area contributed by atoms with Crippen LogP contribution in [-0.2, 0) is 18.2 Å². The molecule has 106 valence electrons. The first-order valence-corrected chi connectivity index (χ1v) is 6.78. The molecule has 0 aromatic carbocycles. The fourth-order valence-corrected chi connectivity index (χ4v) is 2.27. The highest BCUT2D eigenvalue weighted by Gasteiger charge is 2.23. The van der Waals surface area contributed by atoms with Crippen molar-refractivity contribution in [3.05, 3.63) is 18.0 Å². The minimum atomic E-state index is -0.133. The van der Waals surface area contributed by atoms with Crippen LogP contribution in [0.4, 0.5) is 4.79 Å². The highest BCUT2D eigenvalue weighted by molar-refractivity contribution is 5.74. The van der Waals surface area contributed by atoms with Crippen molar-refractivity contribution in [3.63, 3.8) is 0 Å². The summed E-state index contributed by atoms with van der Waals surface area (Å²) in [6.45, 7) is 3.39. The van der Waals surface area contributed by atoms with E-state index in [4.69, 9.17) is 4.74 Å². The fraction of sp³-hybridized carbons (Fsp3) is 0.692. The molecule has 6 heteroatoms. The SMILES string of the molecule is C[C@@H](NC(=O)NCCc1cnn(C)c1)[C@@H]1CCCO1. The molecule has 0 unspecified atom stereocenters. The van der Waals surface area contributed by atoms with Gasteiger partial charge in [0.15, 0.2) is 0 Å². The van der Waals surface area contributed by atoms with Gasteiger partial charge in [-0.1, -0.05) is 0 Å². The topological polar surface area (TPSA) is 68.2 Å². The molecule has 1 saturated heterocycles. The van der Waals surface area contributed by atoms with Crippen molar-refractivity contribution in [1.82, 2.24) is 20.4 Å². The van der Waals surface area contributed by atoms with Crippen LogP contribution in [0.1, 0.15) is 25.3 Å². The Kier molecular flexibility index (Phi) is 4.79. The predicted molar refractivity (Wildman–Crippen MR) is 71.9 cm³/mol. The Morgan fingerprint density at radius 1 is 1.68 bits per heavy atom. The van der Waals surface area contributed by atoms with Crippen LogP contribution in [0.2, 0.25) is 0 Å². The molecule has 1 fully saturated rings. The van der Waals surface area contributed by atoms with Crippen molar-refractivity contribution in [3.8, 4) is 0 Å². The Morgan fingerprint density at radius 3 is 3.16 bits per heavy atom. The number of ether oxygens (including phenoxy) is 1. The molecule has 0 aliphatic carbocycles. The van der Waals surface area contributed by atoms with Gasteiger partial charge in [0.1, 0.15) is 0 Å². The number of nitrogens with zero attached hydrogens (tertiary/aromatic N) is 2. The smallest absolute Gasteiger partial charge is 0.315 e. The zero-order valence-electron chi connectivity index (χ0n) is 11.6. The molecule has 2 N–H and O–H groups in total. The van der Waals surface area contributed by atoms with Crippen LogP contribution in [0, 0.1) is 0 Å². The number of nitrogens with one attached hydrogen (secondary N) is 2. The van der Waals surface area contributed by atoms with Gasteiger partial charge in [0.05, 0.1) is 18.3 Å². The molecule has 19 heavy (non-hydrogen) atoms. The van der Waals surface area contributed by atoms with Gasteiger partial charge in [0, 0.05) is 26.4 Å². The van der Waals surface area contributed by atoms with Gasteiger partial charge in [0.25, 0.3) is 0 Å². The van der Waals surface area contributed by atoms with Crippen LogP contribution in [0.15, 0.2) is 12.4 Å². The predicted octanol–water partition coefficient (Wildman–Crippen LogP) is 0.829. The number of carbonyl (C=O) groups is 1. The highest BCUT2D eigenvalue weighted by atomic mass is 16.5. The van der Waals surface area contributed by atoms with Gasteiger partial charge < -0.3 is 15.4 Å². The molecule has 0 spiro atoms. The Balaban J connectivity index is 1.64. The lowest BCUT2D eigenvalue weighted by Gasteiger charge is -2.20. The number of aryl methyl sites for hydroxylation is 1. The molecule has 6 nitrogen and oxygen atoms in total. The Bertz CT molecular complexity index is 413. The van der Waals surface area contributed by atoms with Crippen molar-refractivity contribution in [2.24, 2.45) is 7.05 Å². The van der Waals surface area contributed by atoms with E-state index in [9.17, 15) is 4.79 Å². The highest BCUT2D eigenvalue weighted by Crippen LogP contribution is 2.15. The van der Waals surface area contributed by atoms with Crippen LogP contribution in [0.3, 0.4) is 0 Å². The van der Waals surface area contributed by atoms with Crippen molar-refractivity contribution >= 4 is 6.03 Å². The molecule has 1 aromatic heterocycles. The first-order chi connectivity index (χ1) is 9.15. The number of amides is 2. The van der Waals surface area contributed by atoms with Crippen molar-refractivity contribution in [2.75, 3.05) is 13.2 Å². The summed E-state index contributed by atoms with van der Waals surface area (Å²) in [6, 6.07) is -0.0761. The van der Waals surface area contributed by atoms with Gasteiger partial charge in [-0.2, -0.15) is 5.10 Å². The maximum absolute atomic E-state index is 11.7. The summed E-state index contributed by atoms with van der Waals surface area (Å²) >= 11 is 0. The third kappa shape index (κ3) is 4.24. The molecular weight excluding hydrogens is 244 g/mol. The standard InChI is InChI=1S/C13H22N4O2/c1-10(12-4-3-7-19-12)16-13(18)14-6-5-11-8-15-17(2)9-11/h8-10,12H,3-7H2,1-2H3,(H2,14,16,18)/t10-,12+/m1/s1. The second-order valence-corrected chi connectivity index (χ2v) is 5.01. The molecule has 1 aromatic rings. The van der Waals surface area contributed by atoms with Crippen molar-refractivity contribution < 1.29 is 9.53 Å². The molecule has 2 rings (SSSR count). The first-order valence-electron chi connectivity index (χ1n) is 6.78. The third-order valence-electron chi connectivity index (χ3n) is 3.34. The lowest BCUT2D eigenvalue weighted by atomic mass is 10.1. The minimum absolute atomic E-state index is 0.0564. The fourth-order valence-electron chi connectivity index (χ4n) is 2.27. The van der Waals surface area contributed by atoms with Gasteiger partial charge >= 0.3 is 6.03 Å². The van der Waals surface area contributed by atoms with E-state index in [1.54, 1.807) is 4.68 Å². The summed E-state index contributed by atoms with van der Waals surface area (Å²) in [7, 11) is 1.88. The van der Waals surface area contributed by atoms with Crippen LogP contribution in [0.5, 0.6) is 0 Å². The molecule has 1 aliphatic rings. The zero-order valence-corrected chi connectivity index (χ0v) is 11.6. The van der Waals surface area contributed by atoms with E-state index in [1.165, 1.54) is 0 Å². The van der Waals surface area contributed by atoms with E-state index in [-0.39, 0.29) is 18.2 Å². The molecule has 2 amide bonds. The van der Waals surface area contributed by atoms with Crippen molar-refractivity contribution in [1.29, 1.82) is 0 Å². The number of rotatable bonds is 5. The minimum Gasteiger partial charge on any atom is -0.376 e. The number of hydrogen-bond donors (Lipinski definition) is 2. The van der Waals surface area contributed by atoms with Gasteiger partial charge in [0.2, 0.25) is 0 Å². The van der Waals surface area contributed by atoms with E-state index in [2.05, 4.69) is 15.7 Å². The van der Waals surface area contributed by atoms with Crippen LogP contribution < -0.4 is 10.6 Å². The van der Waals surface area contributed by atoms with Gasteiger partial charge in [-0.25, -0.2) is 4.79 Å². The molecular formula is C13H22N4O2. The van der Waals surface area contributed by atoms with E-state index in [0.717, 1.165) is 31.4 Å².